The third-order valence-corrected chi connectivity index (χ3v) is 5.23. The molecule has 0 amide bonds. The Balaban J connectivity index is 1.31. The number of ether oxygens (including phenoxy) is 2. The molecule has 0 saturated carbocycles. The van der Waals surface area contributed by atoms with Gasteiger partial charge in [-0.3, -0.25) is 0 Å². The highest BCUT2D eigenvalue weighted by Gasteiger charge is 2.22. The van der Waals surface area contributed by atoms with Gasteiger partial charge in [0, 0.05) is 12.6 Å². The van der Waals surface area contributed by atoms with Crippen molar-refractivity contribution in [3.8, 4) is 11.5 Å². The minimum Gasteiger partial charge on any atom is -0.485 e. The van der Waals surface area contributed by atoms with Crippen molar-refractivity contribution >= 4 is 5.97 Å². The molecule has 5 heteroatoms. The van der Waals surface area contributed by atoms with Crippen molar-refractivity contribution in [3.05, 3.63) is 95.1 Å². The zero-order chi connectivity index (χ0) is 20.9. The molecule has 4 rings (SSSR count). The first-order valence-electron chi connectivity index (χ1n) is 10.1. The van der Waals surface area contributed by atoms with Gasteiger partial charge in [-0.2, -0.15) is 0 Å². The van der Waals surface area contributed by atoms with Gasteiger partial charge >= 0.3 is 5.97 Å². The van der Waals surface area contributed by atoms with Crippen LogP contribution in [0, 0.1) is 0 Å². The van der Waals surface area contributed by atoms with Crippen LogP contribution in [0.4, 0.5) is 0 Å². The van der Waals surface area contributed by atoms with Crippen LogP contribution in [0.2, 0.25) is 0 Å². The number of nitrogens with one attached hydrogen (secondary N) is 1. The van der Waals surface area contributed by atoms with E-state index in [2.05, 4.69) is 36.5 Å². The third kappa shape index (κ3) is 4.81. The van der Waals surface area contributed by atoms with Crippen LogP contribution in [0.5, 0.6) is 11.5 Å². The van der Waals surface area contributed by atoms with Crippen molar-refractivity contribution in [3.63, 3.8) is 0 Å². The molecule has 3 aromatic carbocycles. The topological polar surface area (TPSA) is 67.8 Å². The Labute approximate surface area is 176 Å². The molecule has 1 aliphatic rings. The standard InChI is InChI=1S/C25H25NO4/c1-17(26-15-19-5-4-6-21(14-19)25(27)28)13-18-9-11-20(12-10-18)24-16-29-22-7-2-3-8-23(22)30-24/h2-12,14,17,24,26H,13,15-16H2,1H3,(H,27,28)/t17?,24-/m1/s1. The second-order valence-electron chi connectivity index (χ2n) is 7.60. The average molecular weight is 403 g/mol. The van der Waals surface area contributed by atoms with Crippen LogP contribution in [0.25, 0.3) is 0 Å². The number of hydrogen-bond donors (Lipinski definition) is 2. The normalized spacial score (nSPS) is 16.1. The lowest BCUT2D eigenvalue weighted by Gasteiger charge is -2.26. The molecule has 1 aliphatic heterocycles. The molecule has 0 fully saturated rings. The summed E-state index contributed by atoms with van der Waals surface area (Å²) in [7, 11) is 0. The number of rotatable bonds is 7. The van der Waals surface area contributed by atoms with Crippen molar-refractivity contribution in [2.75, 3.05) is 6.61 Å². The highest BCUT2D eigenvalue weighted by molar-refractivity contribution is 5.87. The maximum atomic E-state index is 11.1. The van der Waals surface area contributed by atoms with E-state index in [1.807, 2.05) is 30.3 Å². The zero-order valence-electron chi connectivity index (χ0n) is 16.9. The molecule has 0 spiro atoms. The predicted molar refractivity (Wildman–Crippen MR) is 115 cm³/mol. The van der Waals surface area contributed by atoms with Crippen LogP contribution >= 0.6 is 0 Å². The number of aromatic carboxylic acids is 1. The van der Waals surface area contributed by atoms with E-state index < -0.39 is 5.97 Å². The first-order valence-corrected chi connectivity index (χ1v) is 10.1. The molecular formula is C25H25NO4. The van der Waals surface area contributed by atoms with Crippen LogP contribution in [-0.4, -0.2) is 23.7 Å². The van der Waals surface area contributed by atoms with Gasteiger partial charge in [0.2, 0.25) is 0 Å². The van der Waals surface area contributed by atoms with Gasteiger partial charge in [-0.1, -0.05) is 48.5 Å². The van der Waals surface area contributed by atoms with Crippen LogP contribution in [0.3, 0.4) is 0 Å². The molecule has 0 aliphatic carbocycles. The Hall–Kier alpha value is -3.31. The second-order valence-corrected chi connectivity index (χ2v) is 7.60. The monoisotopic (exact) mass is 403 g/mol. The zero-order valence-corrected chi connectivity index (χ0v) is 16.9. The molecule has 1 heterocycles. The molecule has 5 nitrogen and oxygen atoms in total. The average Bonchev–Trinajstić information content (AvgIpc) is 2.78. The third-order valence-electron chi connectivity index (χ3n) is 5.23. The van der Waals surface area contributed by atoms with Gasteiger partial charge in [-0.25, -0.2) is 4.79 Å². The number of hydrogen-bond acceptors (Lipinski definition) is 4. The summed E-state index contributed by atoms with van der Waals surface area (Å²) in [6, 6.07) is 23.5. The van der Waals surface area contributed by atoms with Crippen molar-refractivity contribution in [2.24, 2.45) is 0 Å². The quantitative estimate of drug-likeness (QED) is 0.603. The molecule has 2 atom stereocenters. The fourth-order valence-corrected chi connectivity index (χ4v) is 3.58. The van der Waals surface area contributed by atoms with Gasteiger partial charge in [-0.05, 0) is 54.3 Å². The summed E-state index contributed by atoms with van der Waals surface area (Å²) in [5.41, 5.74) is 3.61. The summed E-state index contributed by atoms with van der Waals surface area (Å²) in [6.07, 6.45) is 0.773. The van der Waals surface area contributed by atoms with Crippen LogP contribution in [0.1, 0.15) is 40.1 Å². The number of carboxylic acid groups (broad SMARTS) is 1. The minimum atomic E-state index is -0.902. The van der Waals surface area contributed by atoms with E-state index in [-0.39, 0.29) is 12.1 Å². The Morgan fingerprint density at radius 2 is 1.80 bits per heavy atom. The lowest BCUT2D eigenvalue weighted by atomic mass is 10.0. The first-order chi connectivity index (χ1) is 14.6. The Morgan fingerprint density at radius 1 is 1.03 bits per heavy atom. The van der Waals surface area contributed by atoms with E-state index in [0.29, 0.717) is 18.7 Å². The smallest absolute Gasteiger partial charge is 0.335 e. The molecule has 0 aromatic heterocycles. The number of benzene rings is 3. The van der Waals surface area contributed by atoms with Crippen LogP contribution in [-0.2, 0) is 13.0 Å². The fraction of sp³-hybridized carbons (Fsp3) is 0.240. The lowest BCUT2D eigenvalue weighted by Crippen LogP contribution is -2.27. The van der Waals surface area contributed by atoms with E-state index in [0.717, 1.165) is 29.0 Å². The summed E-state index contributed by atoms with van der Waals surface area (Å²) < 4.78 is 11.9. The molecule has 30 heavy (non-hydrogen) atoms. The Bertz CT molecular complexity index is 1020. The Morgan fingerprint density at radius 3 is 2.57 bits per heavy atom. The van der Waals surface area contributed by atoms with Crippen LogP contribution in [0.15, 0.2) is 72.8 Å². The number of para-hydroxylation sites is 2. The molecule has 1 unspecified atom stereocenters. The van der Waals surface area contributed by atoms with Gasteiger partial charge < -0.3 is 19.9 Å². The van der Waals surface area contributed by atoms with Crippen molar-refractivity contribution in [1.82, 2.24) is 5.32 Å². The molecule has 0 saturated heterocycles. The molecule has 0 bridgehead atoms. The van der Waals surface area contributed by atoms with Gasteiger partial charge in [0.15, 0.2) is 17.6 Å². The lowest BCUT2D eigenvalue weighted by molar-refractivity contribution is 0.0696. The molecular weight excluding hydrogens is 378 g/mol. The molecule has 3 aromatic rings. The van der Waals surface area contributed by atoms with Gasteiger partial charge in [0.1, 0.15) is 6.61 Å². The van der Waals surface area contributed by atoms with E-state index in [1.165, 1.54) is 5.56 Å². The van der Waals surface area contributed by atoms with Crippen molar-refractivity contribution in [1.29, 1.82) is 0 Å². The summed E-state index contributed by atoms with van der Waals surface area (Å²) in [5.74, 6) is 0.669. The molecule has 0 radical (unpaired) electrons. The molecule has 154 valence electrons. The maximum absolute atomic E-state index is 11.1. The first kappa shape index (κ1) is 20.0. The summed E-state index contributed by atoms with van der Waals surface area (Å²) in [4.78, 5) is 11.1. The van der Waals surface area contributed by atoms with Gasteiger partial charge in [-0.15, -0.1) is 0 Å². The van der Waals surface area contributed by atoms with E-state index >= 15 is 0 Å². The van der Waals surface area contributed by atoms with E-state index in [4.69, 9.17) is 14.6 Å². The van der Waals surface area contributed by atoms with Gasteiger partial charge in [0.05, 0.1) is 5.56 Å². The van der Waals surface area contributed by atoms with Crippen molar-refractivity contribution < 1.29 is 19.4 Å². The predicted octanol–water partition coefficient (Wildman–Crippen LogP) is 4.62. The largest absolute Gasteiger partial charge is 0.485 e. The van der Waals surface area contributed by atoms with E-state index in [1.54, 1.807) is 18.2 Å². The highest BCUT2D eigenvalue weighted by atomic mass is 16.6. The van der Waals surface area contributed by atoms with Crippen molar-refractivity contribution in [2.45, 2.75) is 32.0 Å². The Kier molecular flexibility index (Phi) is 6.00. The highest BCUT2D eigenvalue weighted by Crippen LogP contribution is 2.35. The van der Waals surface area contributed by atoms with E-state index in [9.17, 15) is 4.79 Å². The SMILES string of the molecule is CC(Cc1ccc([C@H]2COc3ccccc3O2)cc1)NCc1cccc(C(=O)O)c1. The number of carboxylic acids is 1. The minimum absolute atomic E-state index is 0.106. The maximum Gasteiger partial charge on any atom is 0.335 e. The molecule has 2 N–H and O–H groups in total. The van der Waals surface area contributed by atoms with Crippen LogP contribution < -0.4 is 14.8 Å². The van der Waals surface area contributed by atoms with Gasteiger partial charge in [0.25, 0.3) is 0 Å². The summed E-state index contributed by atoms with van der Waals surface area (Å²) >= 11 is 0. The second kappa shape index (κ2) is 9.01. The summed E-state index contributed by atoms with van der Waals surface area (Å²) in [5, 5.41) is 12.6. The summed E-state index contributed by atoms with van der Waals surface area (Å²) in [6.45, 7) is 3.26. The number of fused-ring (bicyclic) bond motifs is 1. The number of carbonyl (C=O) groups is 1. The fourth-order valence-electron chi connectivity index (χ4n) is 3.58.